The Morgan fingerprint density at radius 3 is 2.06 bits per heavy atom. The first-order chi connectivity index (χ1) is 16.6. The smallest absolute Gasteiger partial charge is 0.271 e. The fourth-order valence-electron chi connectivity index (χ4n) is 3.50. The molecular weight excluding hydrogens is 454 g/mol. The van der Waals surface area contributed by atoms with Crippen LogP contribution >= 0.6 is 11.6 Å². The van der Waals surface area contributed by atoms with E-state index in [1.807, 2.05) is 60.7 Å². The van der Waals surface area contributed by atoms with Crippen molar-refractivity contribution in [1.29, 1.82) is 0 Å². The van der Waals surface area contributed by atoms with Crippen molar-refractivity contribution in [2.24, 2.45) is 11.5 Å². The number of rotatable bonds is 10. The molecule has 0 aliphatic carbocycles. The Labute approximate surface area is 202 Å². The molecule has 0 radical (unpaired) electrons. The van der Waals surface area contributed by atoms with Crippen LogP contribution in [-0.4, -0.2) is 17.6 Å². The van der Waals surface area contributed by atoms with Crippen LogP contribution in [0, 0.1) is 0 Å². The number of hydrogen-bond acceptors (Lipinski definition) is 6. The Balaban J connectivity index is 1.72. The quantitative estimate of drug-likeness (QED) is 0.340. The minimum atomic E-state index is -0.695. The molecule has 1 heterocycles. The number of benzene rings is 3. The van der Waals surface area contributed by atoms with Crippen molar-refractivity contribution in [3.05, 3.63) is 100 Å². The van der Waals surface area contributed by atoms with Gasteiger partial charge < -0.3 is 25.5 Å². The van der Waals surface area contributed by atoms with Crippen molar-refractivity contribution in [2.45, 2.75) is 19.6 Å². The van der Waals surface area contributed by atoms with E-state index in [0.717, 1.165) is 11.1 Å². The van der Waals surface area contributed by atoms with Crippen molar-refractivity contribution in [1.82, 2.24) is 5.16 Å². The first kappa shape index (κ1) is 23.4. The maximum atomic E-state index is 11.9. The van der Waals surface area contributed by atoms with Crippen LogP contribution in [0.1, 0.15) is 27.2 Å². The van der Waals surface area contributed by atoms with Crippen molar-refractivity contribution in [2.75, 3.05) is 6.54 Å². The highest BCUT2D eigenvalue weighted by atomic mass is 35.5. The summed E-state index contributed by atoms with van der Waals surface area (Å²) in [7, 11) is 0. The number of amides is 1. The lowest BCUT2D eigenvalue weighted by molar-refractivity contribution is 0.0991. The number of halogens is 1. The summed E-state index contributed by atoms with van der Waals surface area (Å²) >= 11 is 6.57. The van der Waals surface area contributed by atoms with Crippen LogP contribution in [0.2, 0.25) is 5.02 Å². The molecule has 0 aliphatic heterocycles. The number of ether oxygens (including phenoxy) is 2. The zero-order valence-corrected chi connectivity index (χ0v) is 19.1. The highest BCUT2D eigenvalue weighted by molar-refractivity contribution is 6.32. The second kappa shape index (κ2) is 10.9. The topological polar surface area (TPSA) is 114 Å². The number of carbonyl (C=O) groups excluding carboxylic acids is 1. The van der Waals surface area contributed by atoms with Crippen molar-refractivity contribution in [3.63, 3.8) is 0 Å². The van der Waals surface area contributed by atoms with Gasteiger partial charge in [0.1, 0.15) is 24.7 Å². The maximum Gasteiger partial charge on any atom is 0.271 e. The molecule has 0 unspecified atom stereocenters. The molecule has 1 amide bonds. The molecule has 0 saturated heterocycles. The van der Waals surface area contributed by atoms with Gasteiger partial charge in [-0.3, -0.25) is 4.79 Å². The van der Waals surface area contributed by atoms with E-state index in [2.05, 4.69) is 5.16 Å². The number of hydrogen-bond donors (Lipinski definition) is 2. The molecule has 4 N–H and O–H groups in total. The predicted molar refractivity (Wildman–Crippen MR) is 130 cm³/mol. The summed E-state index contributed by atoms with van der Waals surface area (Å²) in [5.41, 5.74) is 14.3. The molecule has 0 fully saturated rings. The normalized spacial score (nSPS) is 10.8. The highest BCUT2D eigenvalue weighted by Gasteiger charge is 2.24. The van der Waals surface area contributed by atoms with Gasteiger partial charge in [0.05, 0.1) is 10.6 Å². The Morgan fingerprint density at radius 1 is 0.912 bits per heavy atom. The monoisotopic (exact) mass is 477 g/mol. The Morgan fingerprint density at radius 2 is 1.50 bits per heavy atom. The van der Waals surface area contributed by atoms with Gasteiger partial charge in [-0.05, 0) is 30.2 Å². The van der Waals surface area contributed by atoms with Crippen LogP contribution in [0.5, 0.6) is 11.5 Å². The zero-order chi connectivity index (χ0) is 23.9. The molecule has 34 heavy (non-hydrogen) atoms. The lowest BCUT2D eigenvalue weighted by Crippen LogP contribution is -2.15. The number of primary amides is 1. The molecule has 0 atom stereocenters. The van der Waals surface area contributed by atoms with Gasteiger partial charge in [-0.1, -0.05) is 77.4 Å². The average Bonchev–Trinajstić information content (AvgIpc) is 3.27. The molecule has 1 aromatic heterocycles. The molecule has 7 nitrogen and oxygen atoms in total. The summed E-state index contributed by atoms with van der Waals surface area (Å²) in [6, 6.07) is 22.9. The molecule has 0 saturated carbocycles. The lowest BCUT2D eigenvalue weighted by Gasteiger charge is -2.15. The molecule has 0 spiro atoms. The van der Waals surface area contributed by atoms with Crippen LogP contribution < -0.4 is 20.9 Å². The molecule has 0 aliphatic rings. The van der Waals surface area contributed by atoms with E-state index >= 15 is 0 Å². The van der Waals surface area contributed by atoms with Crippen LogP contribution in [0.25, 0.3) is 11.3 Å². The minimum absolute atomic E-state index is 0.0370. The van der Waals surface area contributed by atoms with Gasteiger partial charge in [0.2, 0.25) is 0 Å². The van der Waals surface area contributed by atoms with E-state index in [0.29, 0.717) is 53.0 Å². The second-order valence-corrected chi connectivity index (χ2v) is 7.98. The summed E-state index contributed by atoms with van der Waals surface area (Å²) in [6.45, 7) is 0.919. The van der Waals surface area contributed by atoms with Crippen molar-refractivity contribution >= 4 is 17.5 Å². The van der Waals surface area contributed by atoms with E-state index < -0.39 is 5.91 Å². The molecule has 0 bridgehead atoms. The summed E-state index contributed by atoms with van der Waals surface area (Å²) in [6.07, 6.45) is 0.346. The van der Waals surface area contributed by atoms with Crippen LogP contribution in [0.15, 0.2) is 77.3 Å². The first-order valence-corrected chi connectivity index (χ1v) is 11.1. The fraction of sp³-hybridized carbons (Fsp3) is 0.154. The van der Waals surface area contributed by atoms with E-state index in [9.17, 15) is 4.79 Å². The largest absolute Gasteiger partial charge is 0.488 e. The van der Waals surface area contributed by atoms with Gasteiger partial charge in [0.25, 0.3) is 5.91 Å². The first-order valence-electron chi connectivity index (χ1n) is 10.7. The Kier molecular flexibility index (Phi) is 7.47. The second-order valence-electron chi connectivity index (χ2n) is 7.57. The lowest BCUT2D eigenvalue weighted by atomic mass is 10.0. The van der Waals surface area contributed by atoms with E-state index in [1.54, 1.807) is 12.1 Å². The number of aromatic nitrogens is 1. The third kappa shape index (κ3) is 5.39. The zero-order valence-electron chi connectivity index (χ0n) is 18.4. The molecule has 3 aromatic carbocycles. The summed E-state index contributed by atoms with van der Waals surface area (Å²) < 4.78 is 17.7. The predicted octanol–water partition coefficient (Wildman–Crippen LogP) is 4.75. The van der Waals surface area contributed by atoms with Crippen LogP contribution in [-0.2, 0) is 19.6 Å². The standard InChI is InChI=1S/C26H24ClN3O4/c27-21-13-20(25-19(11-12-28)24(26(29)31)30-34-25)22(32-15-17-7-3-1-4-8-17)14-23(21)33-16-18-9-5-2-6-10-18/h1-10,13-14H,11-12,15-16,28H2,(H2,29,31). The highest BCUT2D eigenvalue weighted by Crippen LogP contribution is 2.41. The van der Waals surface area contributed by atoms with Gasteiger partial charge in [-0.2, -0.15) is 0 Å². The Hall–Kier alpha value is -3.81. The van der Waals surface area contributed by atoms with Crippen LogP contribution in [0.3, 0.4) is 0 Å². The third-order valence-electron chi connectivity index (χ3n) is 5.17. The summed E-state index contributed by atoms with van der Waals surface area (Å²) in [4.78, 5) is 11.9. The molecule has 8 heteroatoms. The van der Waals surface area contributed by atoms with Crippen LogP contribution in [0.4, 0.5) is 0 Å². The SMILES string of the molecule is NCCc1c(C(N)=O)noc1-c1cc(Cl)c(OCc2ccccc2)cc1OCc1ccccc1. The van der Waals surface area contributed by atoms with Gasteiger partial charge in [-0.15, -0.1) is 0 Å². The van der Waals surface area contributed by atoms with E-state index in [1.165, 1.54) is 0 Å². The van der Waals surface area contributed by atoms with Gasteiger partial charge >= 0.3 is 0 Å². The van der Waals surface area contributed by atoms with Gasteiger partial charge in [0, 0.05) is 11.6 Å². The fourth-order valence-corrected chi connectivity index (χ4v) is 3.72. The van der Waals surface area contributed by atoms with Gasteiger partial charge in [-0.25, -0.2) is 0 Å². The van der Waals surface area contributed by atoms with Crippen molar-refractivity contribution in [3.8, 4) is 22.8 Å². The average molecular weight is 478 g/mol. The number of nitrogens with two attached hydrogens (primary N) is 2. The van der Waals surface area contributed by atoms with E-state index in [-0.39, 0.29) is 12.2 Å². The van der Waals surface area contributed by atoms with Crippen molar-refractivity contribution < 1.29 is 18.8 Å². The number of nitrogens with zero attached hydrogens (tertiary/aromatic N) is 1. The Bertz CT molecular complexity index is 1260. The maximum absolute atomic E-state index is 11.9. The minimum Gasteiger partial charge on any atom is -0.488 e. The summed E-state index contributed by atoms with van der Waals surface area (Å²) in [5, 5.41) is 4.22. The molecule has 4 rings (SSSR count). The number of carbonyl (C=O) groups is 1. The van der Waals surface area contributed by atoms with Gasteiger partial charge in [0.15, 0.2) is 11.5 Å². The molecule has 174 valence electrons. The molecule has 4 aromatic rings. The third-order valence-corrected chi connectivity index (χ3v) is 5.46. The van der Waals surface area contributed by atoms with E-state index in [4.69, 9.17) is 37.1 Å². The summed E-state index contributed by atoms with van der Waals surface area (Å²) in [5.74, 6) is 0.548. The molecular formula is C26H24ClN3O4.